The maximum absolute atomic E-state index is 5.88. The van der Waals surface area contributed by atoms with E-state index in [1.54, 1.807) is 42.7 Å². The maximum atomic E-state index is 5.88. The summed E-state index contributed by atoms with van der Waals surface area (Å²) in [5.74, 6) is 3.78. The molecule has 9 heteroatoms. The summed E-state index contributed by atoms with van der Waals surface area (Å²) >= 11 is 3.54. The molecule has 0 bridgehead atoms. The number of ether oxygens (including phenoxy) is 6. The van der Waals surface area contributed by atoms with E-state index in [9.17, 15) is 0 Å². The Hall–Kier alpha value is -1.76. The van der Waals surface area contributed by atoms with Crippen LogP contribution in [0, 0.1) is 0 Å². The van der Waals surface area contributed by atoms with Crippen LogP contribution in [-0.2, 0) is 0 Å². The van der Waals surface area contributed by atoms with Gasteiger partial charge in [0.1, 0.15) is 0 Å². The van der Waals surface area contributed by atoms with Crippen molar-refractivity contribution in [3.8, 4) is 34.5 Å². The van der Waals surface area contributed by atoms with Crippen molar-refractivity contribution in [3.63, 3.8) is 0 Å². The van der Waals surface area contributed by atoms with Crippen molar-refractivity contribution in [2.24, 2.45) is 0 Å². The van der Waals surface area contributed by atoms with Crippen LogP contribution in [0.3, 0.4) is 0 Å². The summed E-state index contributed by atoms with van der Waals surface area (Å²) in [6.45, 7) is 0. The Balaban J connectivity index is 2.73. The topological polar surface area (TPSA) is 55.4 Å². The predicted octanol–water partition coefficient (Wildman–Crippen LogP) is 3.95. The Bertz CT molecular complexity index is 944. The standard InChI is InChI=1S/3C8H9O2.2BrH.Sb/c3*1-9-7-4-3-5-8(6-7)10-2;;;/h3*3-5H,1-2H3;2*1H;/q;;;;;+2/p-2. The van der Waals surface area contributed by atoms with E-state index in [1.165, 1.54) is 0 Å². The van der Waals surface area contributed by atoms with Gasteiger partial charge >= 0.3 is 209 Å². The molecule has 0 fully saturated rings. The Labute approximate surface area is 207 Å². The van der Waals surface area contributed by atoms with E-state index >= 15 is 0 Å². The number of rotatable bonds is 9. The van der Waals surface area contributed by atoms with Crippen LogP contribution in [0.5, 0.6) is 34.5 Å². The summed E-state index contributed by atoms with van der Waals surface area (Å²) in [6, 6.07) is 17.0. The number of benzene rings is 3. The number of methoxy groups -OCH3 is 6. The summed E-state index contributed by atoms with van der Waals surface area (Å²) in [7, 11) is 9.78. The molecule has 0 spiro atoms. The van der Waals surface area contributed by atoms with Gasteiger partial charge in [-0.1, -0.05) is 0 Å². The molecule has 0 aliphatic carbocycles. The van der Waals surface area contributed by atoms with Gasteiger partial charge in [-0.2, -0.15) is 0 Å². The quantitative estimate of drug-likeness (QED) is 0.317. The van der Waals surface area contributed by atoms with Gasteiger partial charge in [-0.3, -0.25) is 0 Å². The fraction of sp³-hybridized carbons (Fsp3) is 0.250. The van der Waals surface area contributed by atoms with Crippen LogP contribution in [0.4, 0.5) is 0 Å². The molecule has 6 nitrogen and oxygen atoms in total. The molecule has 0 amide bonds. The molecule has 0 unspecified atom stereocenters. The second kappa shape index (κ2) is 10.2. The minimum atomic E-state index is -5.07. The van der Waals surface area contributed by atoms with Crippen molar-refractivity contribution in [3.05, 3.63) is 54.6 Å². The van der Waals surface area contributed by atoms with Crippen molar-refractivity contribution >= 4 is 48.6 Å². The third kappa shape index (κ3) is 4.15. The molecule has 33 heavy (non-hydrogen) atoms. The summed E-state index contributed by atoms with van der Waals surface area (Å²) in [5.41, 5.74) is 0. The molecule has 0 atom stereocenters. The molecule has 0 aliphatic heterocycles. The predicted molar refractivity (Wildman–Crippen MR) is 141 cm³/mol. The molecule has 0 saturated heterocycles. The fourth-order valence-corrected chi connectivity index (χ4v) is 29.4. The third-order valence-corrected chi connectivity index (χ3v) is 30.2. The Morgan fingerprint density at radius 2 is 0.606 bits per heavy atom. The zero-order chi connectivity index (χ0) is 24.2. The normalized spacial score (nSPS) is 12.3. The van der Waals surface area contributed by atoms with E-state index in [0.29, 0.717) is 34.5 Å². The number of hydrogen-bond donors (Lipinski definition) is 0. The molecule has 0 saturated carbocycles. The van der Waals surface area contributed by atoms with E-state index in [-0.39, 0.29) is 0 Å². The van der Waals surface area contributed by atoms with Crippen molar-refractivity contribution in [1.29, 1.82) is 0 Å². The Morgan fingerprint density at radius 3 is 0.758 bits per heavy atom. The van der Waals surface area contributed by atoms with Gasteiger partial charge in [-0.25, -0.2) is 0 Å². The van der Waals surface area contributed by atoms with Crippen LogP contribution < -0.4 is 39.0 Å². The van der Waals surface area contributed by atoms with Crippen LogP contribution >= 0.6 is 25.2 Å². The summed E-state index contributed by atoms with van der Waals surface area (Å²) in [6.07, 6.45) is 0. The average molecular weight is 693 g/mol. The van der Waals surface area contributed by atoms with E-state index in [1.807, 2.05) is 54.6 Å². The van der Waals surface area contributed by atoms with Gasteiger partial charge in [0.25, 0.3) is 0 Å². The van der Waals surface area contributed by atoms with Crippen molar-refractivity contribution in [2.75, 3.05) is 42.7 Å². The van der Waals surface area contributed by atoms with E-state index < -0.39 is 12.9 Å². The molecule has 3 rings (SSSR count). The molecule has 178 valence electrons. The molecule has 0 heterocycles. The van der Waals surface area contributed by atoms with E-state index in [2.05, 4.69) is 25.2 Å². The van der Waals surface area contributed by atoms with Crippen LogP contribution in [0.25, 0.3) is 0 Å². The number of halogens is 2. The summed E-state index contributed by atoms with van der Waals surface area (Å²) < 4.78 is 37.7. The first-order valence-corrected chi connectivity index (χ1v) is 25.2. The van der Waals surface area contributed by atoms with Gasteiger partial charge in [0, 0.05) is 0 Å². The second-order valence-electron chi connectivity index (χ2n) is 6.94. The van der Waals surface area contributed by atoms with Gasteiger partial charge in [0.05, 0.1) is 0 Å². The molecule has 3 aromatic rings. The minimum absolute atomic E-state index is 0.630. The Morgan fingerprint density at radius 1 is 0.424 bits per heavy atom. The van der Waals surface area contributed by atoms with Gasteiger partial charge in [-0.15, -0.1) is 0 Å². The van der Waals surface area contributed by atoms with E-state index in [4.69, 9.17) is 28.4 Å². The first kappa shape index (κ1) is 25.9. The van der Waals surface area contributed by atoms with Crippen LogP contribution in [0.15, 0.2) is 54.6 Å². The average Bonchev–Trinajstić information content (AvgIpc) is 2.86. The number of hydrogen-bond acceptors (Lipinski definition) is 6. The Kier molecular flexibility index (Phi) is 8.02. The molecule has 0 N–H and O–H groups in total. The van der Waals surface area contributed by atoms with Gasteiger partial charge < -0.3 is 0 Å². The van der Waals surface area contributed by atoms with Crippen LogP contribution in [-0.4, -0.2) is 55.6 Å². The third-order valence-electron chi connectivity index (χ3n) is 5.38. The molecule has 0 radical (unpaired) electrons. The molecule has 3 aromatic carbocycles. The summed E-state index contributed by atoms with van der Waals surface area (Å²) in [5, 5.41) is 0. The molecule has 0 aromatic heterocycles. The van der Waals surface area contributed by atoms with Crippen molar-refractivity contribution < 1.29 is 28.4 Å². The second-order valence-corrected chi connectivity index (χ2v) is 41.4. The summed E-state index contributed by atoms with van der Waals surface area (Å²) in [4.78, 5) is 0. The van der Waals surface area contributed by atoms with Crippen molar-refractivity contribution in [2.45, 2.75) is 0 Å². The first-order chi connectivity index (χ1) is 15.8. The van der Waals surface area contributed by atoms with Gasteiger partial charge in [-0.05, 0) is 0 Å². The van der Waals surface area contributed by atoms with Crippen LogP contribution in [0.1, 0.15) is 0 Å². The molecule has 0 aliphatic rings. The van der Waals surface area contributed by atoms with Crippen molar-refractivity contribution in [1.82, 2.24) is 0 Å². The zero-order valence-electron chi connectivity index (χ0n) is 19.3. The fourth-order valence-electron chi connectivity index (χ4n) is 3.99. The molecular formula is C24H27Br2O6Sb. The van der Waals surface area contributed by atoms with Crippen LogP contribution in [0.2, 0.25) is 0 Å². The van der Waals surface area contributed by atoms with Gasteiger partial charge in [0.2, 0.25) is 0 Å². The van der Waals surface area contributed by atoms with E-state index in [0.717, 1.165) is 10.5 Å². The molecular weight excluding hydrogens is 666 g/mol. The monoisotopic (exact) mass is 690 g/mol. The van der Waals surface area contributed by atoms with Gasteiger partial charge in [0.15, 0.2) is 0 Å². The SMILES string of the molecule is COc1cccc(OC)[c]1[Sb]([Br])([Br])([c]1c(OC)cccc1OC)[c]1c(OC)cccc1OC. The first-order valence-electron chi connectivity index (χ1n) is 9.92. The zero-order valence-corrected chi connectivity index (χ0v) is 25.1.